The Kier molecular flexibility index (Phi) is 6.80. The number of carbonyl (C=O) groups is 2. The van der Waals surface area contributed by atoms with E-state index in [1.54, 1.807) is 6.07 Å². The second kappa shape index (κ2) is 9.30. The quantitative estimate of drug-likeness (QED) is 0.487. The summed E-state index contributed by atoms with van der Waals surface area (Å²) in [6, 6.07) is 12.6. The number of amides is 4. The van der Waals surface area contributed by atoms with Crippen LogP contribution in [-0.4, -0.2) is 18.1 Å². The Morgan fingerprint density at radius 3 is 2.50 bits per heavy atom. The van der Waals surface area contributed by atoms with E-state index in [0.717, 1.165) is 28.4 Å². The minimum atomic E-state index is -0.280. The third-order valence-corrected chi connectivity index (χ3v) is 5.23. The van der Waals surface area contributed by atoms with Crippen molar-refractivity contribution in [3.63, 3.8) is 0 Å². The molecule has 0 aromatic heterocycles. The highest BCUT2D eigenvalue weighted by Crippen LogP contribution is 2.21. The van der Waals surface area contributed by atoms with E-state index in [1.807, 2.05) is 43.3 Å². The van der Waals surface area contributed by atoms with Crippen LogP contribution in [0.15, 0.2) is 46.9 Å². The predicted octanol–water partition coefficient (Wildman–Crippen LogP) is 4.95. The second-order valence-electron chi connectivity index (χ2n) is 6.78. The van der Waals surface area contributed by atoms with Gasteiger partial charge in [-0.15, -0.1) is 0 Å². The maximum atomic E-state index is 12.2. The lowest BCUT2D eigenvalue weighted by atomic mass is 10.1. The van der Waals surface area contributed by atoms with E-state index in [1.165, 1.54) is 0 Å². The summed E-state index contributed by atoms with van der Waals surface area (Å²) in [6.45, 7) is 2.23. The normalized spacial score (nSPS) is 14.1. The van der Waals surface area contributed by atoms with Gasteiger partial charge >= 0.3 is 12.1 Å². The largest absolute Gasteiger partial charge is 0.335 e. The van der Waals surface area contributed by atoms with E-state index >= 15 is 0 Å². The maximum Gasteiger partial charge on any atom is 0.319 e. The van der Waals surface area contributed by atoms with Gasteiger partial charge in [0, 0.05) is 27.8 Å². The van der Waals surface area contributed by atoms with Gasteiger partial charge in [0.2, 0.25) is 0 Å². The molecule has 0 bridgehead atoms. The van der Waals surface area contributed by atoms with Crippen molar-refractivity contribution in [2.45, 2.75) is 38.4 Å². The molecule has 3 rings (SSSR count). The molecule has 0 radical (unpaired) electrons. The number of nitrogens with one attached hydrogen (secondary N) is 4. The van der Waals surface area contributed by atoms with Crippen molar-refractivity contribution in [2.24, 2.45) is 0 Å². The van der Waals surface area contributed by atoms with Gasteiger partial charge in [0.05, 0.1) is 6.04 Å². The number of rotatable bonds is 6. The van der Waals surface area contributed by atoms with Gasteiger partial charge in [0.1, 0.15) is 0 Å². The van der Waals surface area contributed by atoms with Crippen molar-refractivity contribution >= 4 is 45.3 Å². The summed E-state index contributed by atoms with van der Waals surface area (Å²) >= 11 is 9.52. The fourth-order valence-electron chi connectivity index (χ4n) is 2.61. The highest BCUT2D eigenvalue weighted by molar-refractivity contribution is 9.10. The second-order valence-corrected chi connectivity index (χ2v) is 8.10. The van der Waals surface area contributed by atoms with E-state index in [2.05, 4.69) is 37.2 Å². The summed E-state index contributed by atoms with van der Waals surface area (Å²) in [7, 11) is 0. The number of anilines is 1. The molecule has 8 heteroatoms. The van der Waals surface area contributed by atoms with Crippen LogP contribution in [0.4, 0.5) is 15.3 Å². The number of halogens is 2. The Balaban J connectivity index is 1.47. The maximum absolute atomic E-state index is 12.2. The molecule has 148 valence electrons. The Labute approximate surface area is 177 Å². The molecule has 1 saturated carbocycles. The molecule has 2 aromatic carbocycles. The summed E-state index contributed by atoms with van der Waals surface area (Å²) in [6.07, 6.45) is 2.09. The van der Waals surface area contributed by atoms with Crippen LogP contribution in [0, 0.1) is 0 Å². The monoisotopic (exact) mass is 464 g/mol. The van der Waals surface area contributed by atoms with Gasteiger partial charge < -0.3 is 21.3 Å². The van der Waals surface area contributed by atoms with Gasteiger partial charge in [-0.2, -0.15) is 0 Å². The predicted molar refractivity (Wildman–Crippen MR) is 115 cm³/mol. The molecule has 4 N–H and O–H groups in total. The first-order valence-electron chi connectivity index (χ1n) is 9.06. The molecule has 1 atom stereocenters. The lowest BCUT2D eigenvalue weighted by molar-refractivity contribution is 0.237. The topological polar surface area (TPSA) is 82.3 Å². The van der Waals surface area contributed by atoms with Crippen molar-refractivity contribution < 1.29 is 9.59 Å². The Morgan fingerprint density at radius 2 is 1.86 bits per heavy atom. The molecule has 4 amide bonds. The Hall–Kier alpha value is -2.25. The molecule has 0 spiro atoms. The zero-order valence-electron chi connectivity index (χ0n) is 15.4. The van der Waals surface area contributed by atoms with E-state index in [4.69, 9.17) is 11.6 Å². The van der Waals surface area contributed by atoms with Crippen molar-refractivity contribution in [3.05, 3.63) is 63.1 Å². The first-order chi connectivity index (χ1) is 13.4. The minimum Gasteiger partial charge on any atom is -0.335 e. The average Bonchev–Trinajstić information content (AvgIpc) is 3.45. The zero-order valence-corrected chi connectivity index (χ0v) is 17.7. The highest BCUT2D eigenvalue weighted by Gasteiger charge is 2.23. The molecule has 1 aliphatic carbocycles. The number of hydrogen-bond acceptors (Lipinski definition) is 2. The van der Waals surface area contributed by atoms with Crippen molar-refractivity contribution in [1.82, 2.24) is 16.0 Å². The van der Waals surface area contributed by atoms with Crippen LogP contribution in [0.1, 0.15) is 36.9 Å². The van der Waals surface area contributed by atoms with Crippen LogP contribution in [0.5, 0.6) is 0 Å². The molecule has 0 saturated heterocycles. The first kappa shape index (κ1) is 20.5. The standard InChI is InChI=1S/C20H22BrClN4O2/c1-12(24-19(27)23-11-14-2-5-15(21)10-18(14)22)13-3-6-16(7-4-13)25-20(28)26-17-8-9-17/h2-7,10,12,17H,8-9,11H2,1H3,(H2,23,24,27)(H2,25,26,28). The van der Waals surface area contributed by atoms with E-state index in [9.17, 15) is 9.59 Å². The van der Waals surface area contributed by atoms with Crippen LogP contribution in [0.25, 0.3) is 0 Å². The fourth-order valence-corrected chi connectivity index (χ4v) is 3.35. The van der Waals surface area contributed by atoms with Gasteiger partial charge in [-0.25, -0.2) is 9.59 Å². The molecular weight excluding hydrogens is 444 g/mol. The minimum absolute atomic E-state index is 0.185. The third kappa shape index (κ3) is 6.14. The summed E-state index contributed by atoms with van der Waals surface area (Å²) in [4.78, 5) is 23.9. The number of benzene rings is 2. The van der Waals surface area contributed by atoms with E-state index in [-0.39, 0.29) is 18.1 Å². The molecule has 2 aromatic rings. The number of urea groups is 2. The van der Waals surface area contributed by atoms with Crippen LogP contribution in [0.3, 0.4) is 0 Å². The van der Waals surface area contributed by atoms with Crippen molar-refractivity contribution in [1.29, 1.82) is 0 Å². The first-order valence-corrected chi connectivity index (χ1v) is 10.2. The molecule has 1 unspecified atom stereocenters. The van der Waals surface area contributed by atoms with Crippen molar-refractivity contribution in [2.75, 3.05) is 5.32 Å². The molecule has 0 heterocycles. The van der Waals surface area contributed by atoms with Gasteiger partial charge in [-0.3, -0.25) is 0 Å². The molecular formula is C20H22BrClN4O2. The third-order valence-electron chi connectivity index (χ3n) is 4.38. The number of hydrogen-bond donors (Lipinski definition) is 4. The molecule has 1 aliphatic rings. The summed E-state index contributed by atoms with van der Waals surface area (Å²) in [5.41, 5.74) is 2.49. The van der Waals surface area contributed by atoms with Crippen molar-refractivity contribution in [3.8, 4) is 0 Å². The van der Waals surface area contributed by atoms with Gasteiger partial charge in [0.15, 0.2) is 0 Å². The summed E-state index contributed by atoms with van der Waals surface area (Å²) in [5.74, 6) is 0. The zero-order chi connectivity index (χ0) is 20.1. The van der Waals surface area contributed by atoms with E-state index in [0.29, 0.717) is 23.3 Å². The van der Waals surface area contributed by atoms with Crippen LogP contribution in [-0.2, 0) is 6.54 Å². The summed E-state index contributed by atoms with van der Waals surface area (Å²) in [5, 5.41) is 12.0. The van der Waals surface area contributed by atoms with Crippen LogP contribution >= 0.6 is 27.5 Å². The van der Waals surface area contributed by atoms with Crippen LogP contribution < -0.4 is 21.3 Å². The number of carbonyl (C=O) groups excluding carboxylic acids is 2. The fraction of sp³-hybridized carbons (Fsp3) is 0.300. The Bertz CT molecular complexity index is 856. The lowest BCUT2D eigenvalue weighted by Crippen LogP contribution is -2.36. The van der Waals surface area contributed by atoms with E-state index < -0.39 is 0 Å². The van der Waals surface area contributed by atoms with Gasteiger partial charge in [-0.05, 0) is 55.2 Å². The van der Waals surface area contributed by atoms with Crippen LogP contribution in [0.2, 0.25) is 5.02 Å². The molecule has 6 nitrogen and oxygen atoms in total. The van der Waals surface area contributed by atoms with Gasteiger partial charge in [-0.1, -0.05) is 45.7 Å². The Morgan fingerprint density at radius 1 is 1.14 bits per heavy atom. The lowest BCUT2D eigenvalue weighted by Gasteiger charge is -2.16. The molecule has 28 heavy (non-hydrogen) atoms. The highest BCUT2D eigenvalue weighted by atomic mass is 79.9. The SMILES string of the molecule is CC(NC(=O)NCc1ccc(Br)cc1Cl)c1ccc(NC(=O)NC2CC2)cc1. The molecule has 0 aliphatic heterocycles. The average molecular weight is 466 g/mol. The van der Waals surface area contributed by atoms with Gasteiger partial charge in [0.25, 0.3) is 0 Å². The smallest absolute Gasteiger partial charge is 0.319 e. The summed E-state index contributed by atoms with van der Waals surface area (Å²) < 4.78 is 0.891. The molecule has 1 fully saturated rings.